The predicted octanol–water partition coefficient (Wildman–Crippen LogP) is 2.56. The molecule has 5 nitrogen and oxygen atoms in total. The summed E-state index contributed by atoms with van der Waals surface area (Å²) in [6, 6.07) is 10.9. The Hall–Kier alpha value is -3.08. The van der Waals surface area contributed by atoms with E-state index in [0.29, 0.717) is 24.6 Å². The molecule has 0 radical (unpaired) electrons. The second-order valence-electron chi connectivity index (χ2n) is 4.77. The smallest absolute Gasteiger partial charge is 0.244 e. The molecule has 0 aliphatic heterocycles. The van der Waals surface area contributed by atoms with Crippen LogP contribution in [0, 0.1) is 0 Å². The van der Waals surface area contributed by atoms with Crippen LogP contribution in [0.2, 0.25) is 0 Å². The fourth-order valence-electron chi connectivity index (χ4n) is 1.86. The first-order valence-electron chi connectivity index (χ1n) is 7.18. The molecule has 0 bridgehead atoms. The number of hydrogen-bond donors (Lipinski definition) is 2. The Morgan fingerprint density at radius 3 is 2.91 bits per heavy atom. The molecule has 1 heterocycles. The van der Waals surface area contributed by atoms with Gasteiger partial charge in [-0.3, -0.25) is 9.78 Å². The first-order chi connectivity index (χ1) is 11.2. The van der Waals surface area contributed by atoms with Gasteiger partial charge in [0.2, 0.25) is 5.91 Å². The molecule has 0 aliphatic carbocycles. The molecule has 1 aromatic carbocycles. The normalized spacial score (nSPS) is 10.4. The lowest BCUT2D eigenvalue weighted by atomic mass is 10.1. The van der Waals surface area contributed by atoms with Crippen molar-refractivity contribution in [2.24, 2.45) is 0 Å². The summed E-state index contributed by atoms with van der Waals surface area (Å²) < 4.78 is 5.40. The standard InChI is InChI=1S/C18H19N3O2/c1-2-11-23-17-8-6-14(12-16(17)19)7-9-18(22)21-13-15-5-3-4-10-20-15/h2-10,12H,1,11,13,19H2,(H,21,22)/b9-7-. The van der Waals surface area contributed by atoms with Crippen molar-refractivity contribution < 1.29 is 9.53 Å². The lowest BCUT2D eigenvalue weighted by molar-refractivity contribution is -0.116. The second-order valence-corrected chi connectivity index (χ2v) is 4.77. The molecule has 0 unspecified atom stereocenters. The zero-order chi connectivity index (χ0) is 16.5. The van der Waals surface area contributed by atoms with Gasteiger partial charge in [-0.15, -0.1) is 0 Å². The number of ether oxygens (including phenoxy) is 1. The van der Waals surface area contributed by atoms with Gasteiger partial charge in [-0.05, 0) is 35.9 Å². The molecule has 0 saturated heterocycles. The Morgan fingerprint density at radius 1 is 1.35 bits per heavy atom. The van der Waals surface area contributed by atoms with Crippen molar-refractivity contribution in [3.63, 3.8) is 0 Å². The molecule has 1 aromatic heterocycles. The first kappa shape index (κ1) is 16.3. The quantitative estimate of drug-likeness (QED) is 0.468. The number of carbonyl (C=O) groups excluding carboxylic acids is 1. The average Bonchev–Trinajstić information content (AvgIpc) is 2.58. The van der Waals surface area contributed by atoms with E-state index in [4.69, 9.17) is 10.5 Å². The molecule has 0 spiro atoms. The molecule has 5 heteroatoms. The van der Waals surface area contributed by atoms with Crippen LogP contribution in [-0.2, 0) is 11.3 Å². The van der Waals surface area contributed by atoms with Crippen LogP contribution in [0.1, 0.15) is 11.3 Å². The summed E-state index contributed by atoms with van der Waals surface area (Å²) in [4.78, 5) is 15.9. The molecule has 2 aromatic rings. The van der Waals surface area contributed by atoms with Crippen molar-refractivity contribution in [3.05, 3.63) is 72.6 Å². The Balaban J connectivity index is 1.90. The number of benzene rings is 1. The number of aromatic nitrogens is 1. The minimum atomic E-state index is -0.193. The molecule has 1 amide bonds. The third kappa shape index (κ3) is 5.32. The number of carbonyl (C=O) groups is 1. The summed E-state index contributed by atoms with van der Waals surface area (Å²) in [7, 11) is 0. The zero-order valence-electron chi connectivity index (χ0n) is 12.7. The van der Waals surface area contributed by atoms with Crippen LogP contribution in [-0.4, -0.2) is 17.5 Å². The zero-order valence-corrected chi connectivity index (χ0v) is 12.7. The van der Waals surface area contributed by atoms with Gasteiger partial charge in [-0.25, -0.2) is 0 Å². The van der Waals surface area contributed by atoms with Gasteiger partial charge in [-0.2, -0.15) is 0 Å². The number of anilines is 1. The number of hydrogen-bond acceptors (Lipinski definition) is 4. The predicted molar refractivity (Wildman–Crippen MR) is 91.7 cm³/mol. The molecule has 0 atom stereocenters. The van der Waals surface area contributed by atoms with E-state index in [2.05, 4.69) is 16.9 Å². The van der Waals surface area contributed by atoms with Gasteiger partial charge in [0.25, 0.3) is 0 Å². The monoisotopic (exact) mass is 309 g/mol. The van der Waals surface area contributed by atoms with E-state index in [-0.39, 0.29) is 5.91 Å². The molecule has 2 rings (SSSR count). The third-order valence-corrected chi connectivity index (χ3v) is 2.99. The number of pyridine rings is 1. The Labute approximate surface area is 135 Å². The maximum atomic E-state index is 11.8. The van der Waals surface area contributed by atoms with Crippen molar-refractivity contribution in [1.82, 2.24) is 10.3 Å². The highest BCUT2D eigenvalue weighted by Crippen LogP contribution is 2.23. The fraction of sp³-hybridized carbons (Fsp3) is 0.111. The van der Waals surface area contributed by atoms with Gasteiger partial charge in [0, 0.05) is 12.3 Å². The lowest BCUT2D eigenvalue weighted by Crippen LogP contribution is -2.20. The van der Waals surface area contributed by atoms with Crippen molar-refractivity contribution in [2.45, 2.75) is 6.54 Å². The highest BCUT2D eigenvalue weighted by Gasteiger charge is 2.01. The van der Waals surface area contributed by atoms with Gasteiger partial charge >= 0.3 is 0 Å². The molecule has 0 aliphatic rings. The summed E-state index contributed by atoms with van der Waals surface area (Å²) in [5.74, 6) is 0.405. The Kier molecular flexibility index (Phi) is 5.94. The molecule has 23 heavy (non-hydrogen) atoms. The van der Waals surface area contributed by atoms with Crippen LogP contribution in [0.15, 0.2) is 61.3 Å². The largest absolute Gasteiger partial charge is 0.487 e. The molecule has 0 fully saturated rings. The minimum absolute atomic E-state index is 0.193. The van der Waals surface area contributed by atoms with Crippen LogP contribution >= 0.6 is 0 Å². The van der Waals surface area contributed by atoms with Crippen LogP contribution in [0.5, 0.6) is 5.75 Å². The molecular weight excluding hydrogens is 290 g/mol. The van der Waals surface area contributed by atoms with Gasteiger partial charge in [0.15, 0.2) is 0 Å². The van der Waals surface area contributed by atoms with E-state index in [0.717, 1.165) is 11.3 Å². The van der Waals surface area contributed by atoms with E-state index >= 15 is 0 Å². The minimum Gasteiger partial charge on any atom is -0.487 e. The lowest BCUT2D eigenvalue weighted by Gasteiger charge is -2.07. The van der Waals surface area contributed by atoms with Crippen molar-refractivity contribution >= 4 is 17.7 Å². The van der Waals surface area contributed by atoms with E-state index < -0.39 is 0 Å². The maximum absolute atomic E-state index is 11.8. The van der Waals surface area contributed by atoms with E-state index in [1.807, 2.05) is 24.3 Å². The van der Waals surface area contributed by atoms with Gasteiger partial charge in [0.05, 0.1) is 17.9 Å². The topological polar surface area (TPSA) is 77.2 Å². The highest BCUT2D eigenvalue weighted by molar-refractivity contribution is 5.91. The van der Waals surface area contributed by atoms with Gasteiger partial charge in [0.1, 0.15) is 12.4 Å². The van der Waals surface area contributed by atoms with Crippen LogP contribution in [0.4, 0.5) is 5.69 Å². The number of nitrogen functional groups attached to an aromatic ring is 1. The average molecular weight is 309 g/mol. The van der Waals surface area contributed by atoms with E-state index in [9.17, 15) is 4.79 Å². The fourth-order valence-corrected chi connectivity index (χ4v) is 1.86. The molecule has 3 N–H and O–H groups in total. The summed E-state index contributed by atoms with van der Waals surface area (Å²) in [6.45, 7) is 4.37. The Morgan fingerprint density at radius 2 is 2.22 bits per heavy atom. The maximum Gasteiger partial charge on any atom is 0.244 e. The van der Waals surface area contributed by atoms with Crippen molar-refractivity contribution in [2.75, 3.05) is 12.3 Å². The third-order valence-electron chi connectivity index (χ3n) is 2.99. The van der Waals surface area contributed by atoms with Crippen LogP contribution in [0.25, 0.3) is 6.08 Å². The van der Waals surface area contributed by atoms with Crippen molar-refractivity contribution in [3.8, 4) is 5.75 Å². The molecular formula is C18H19N3O2. The second kappa shape index (κ2) is 8.38. The van der Waals surface area contributed by atoms with Crippen molar-refractivity contribution in [1.29, 1.82) is 0 Å². The summed E-state index contributed by atoms with van der Waals surface area (Å²) in [5.41, 5.74) is 8.05. The molecule has 0 saturated carbocycles. The van der Waals surface area contributed by atoms with Gasteiger partial charge < -0.3 is 15.8 Å². The van der Waals surface area contributed by atoms with Gasteiger partial charge in [-0.1, -0.05) is 24.8 Å². The number of amides is 1. The first-order valence-corrected chi connectivity index (χ1v) is 7.18. The van der Waals surface area contributed by atoms with E-state index in [1.165, 1.54) is 6.08 Å². The summed E-state index contributed by atoms with van der Waals surface area (Å²) in [5, 5.41) is 2.77. The molecule has 118 valence electrons. The number of nitrogens with zero attached hydrogens (tertiary/aromatic N) is 1. The number of nitrogens with two attached hydrogens (primary N) is 1. The van der Waals surface area contributed by atoms with Crippen LogP contribution < -0.4 is 15.8 Å². The summed E-state index contributed by atoms with van der Waals surface area (Å²) in [6.07, 6.45) is 6.50. The summed E-state index contributed by atoms with van der Waals surface area (Å²) >= 11 is 0. The number of nitrogens with one attached hydrogen (secondary N) is 1. The highest BCUT2D eigenvalue weighted by atomic mass is 16.5. The van der Waals surface area contributed by atoms with Crippen LogP contribution in [0.3, 0.4) is 0 Å². The van der Waals surface area contributed by atoms with E-state index in [1.54, 1.807) is 30.5 Å². The SMILES string of the molecule is C=CCOc1ccc(/C=C\C(=O)NCc2ccccn2)cc1N. The Bertz CT molecular complexity index is 697. The number of rotatable bonds is 7.